The van der Waals surface area contributed by atoms with Crippen LogP contribution < -0.4 is 10.2 Å². The molecule has 0 unspecified atom stereocenters. The summed E-state index contributed by atoms with van der Waals surface area (Å²) >= 11 is 10.6. The lowest BCUT2D eigenvalue weighted by molar-refractivity contribution is -0.159. The van der Waals surface area contributed by atoms with Gasteiger partial charge in [0, 0.05) is 10.6 Å². The monoisotopic (exact) mass is 640 g/mol. The van der Waals surface area contributed by atoms with Crippen molar-refractivity contribution in [3.63, 3.8) is 0 Å². The van der Waals surface area contributed by atoms with Crippen molar-refractivity contribution in [2.45, 2.75) is 25.7 Å². The van der Waals surface area contributed by atoms with Crippen LogP contribution in [0.1, 0.15) is 24.5 Å². The second-order valence-electron chi connectivity index (χ2n) is 6.49. The Morgan fingerprint density at radius 3 is 2.59 bits per heavy atom. The number of nitrogens with zero attached hydrogens (tertiary/aromatic N) is 1. The number of hydrazone groups is 1. The number of nitrogens with one attached hydrogen (secondary N) is 1. The van der Waals surface area contributed by atoms with Crippen molar-refractivity contribution in [1.29, 1.82) is 0 Å². The summed E-state index contributed by atoms with van der Waals surface area (Å²) in [5, 5.41) is 4.71. The van der Waals surface area contributed by atoms with Gasteiger partial charge < -0.3 is 14.2 Å². The third kappa shape index (κ3) is 6.51. The minimum atomic E-state index is -0.870. The number of rotatable bonds is 7. The van der Waals surface area contributed by atoms with Gasteiger partial charge >= 0.3 is 0 Å². The Hall–Kier alpha value is -0.950. The molecular formula is C20H19ClI2N2O4. The third-order valence-electron chi connectivity index (χ3n) is 4.13. The van der Waals surface area contributed by atoms with E-state index in [0.29, 0.717) is 24.8 Å². The lowest BCUT2D eigenvalue weighted by Gasteiger charge is -2.20. The van der Waals surface area contributed by atoms with Gasteiger partial charge in [-0.3, -0.25) is 4.79 Å². The molecule has 154 valence electrons. The highest BCUT2D eigenvalue weighted by molar-refractivity contribution is 14.1. The minimum absolute atomic E-state index is 0.0915. The summed E-state index contributed by atoms with van der Waals surface area (Å²) in [7, 11) is 0. The predicted molar refractivity (Wildman–Crippen MR) is 128 cm³/mol. The average molecular weight is 641 g/mol. The molecule has 1 N–H and O–H groups in total. The number of hydrogen-bond acceptors (Lipinski definition) is 5. The van der Waals surface area contributed by atoms with Gasteiger partial charge in [-0.25, -0.2) is 5.43 Å². The molecule has 1 fully saturated rings. The number of hydrogen-bond donors (Lipinski definition) is 1. The first-order valence-corrected chi connectivity index (χ1v) is 11.3. The normalized spacial score (nSPS) is 15.6. The molecule has 1 aliphatic rings. The molecule has 0 aliphatic carbocycles. The van der Waals surface area contributed by atoms with Crippen molar-refractivity contribution in [2.75, 3.05) is 13.2 Å². The van der Waals surface area contributed by atoms with Gasteiger partial charge in [0.2, 0.25) is 5.91 Å². The van der Waals surface area contributed by atoms with Crippen molar-refractivity contribution in [3.05, 3.63) is 59.7 Å². The van der Waals surface area contributed by atoms with Gasteiger partial charge in [0.15, 0.2) is 5.79 Å². The minimum Gasteiger partial charge on any atom is -0.487 e. The first kappa shape index (κ1) is 22.7. The summed E-state index contributed by atoms with van der Waals surface area (Å²) in [4.78, 5) is 12.0. The summed E-state index contributed by atoms with van der Waals surface area (Å²) in [6, 6.07) is 11.5. The molecule has 1 heterocycles. The Morgan fingerprint density at radius 2 is 1.93 bits per heavy atom. The number of halogens is 3. The van der Waals surface area contributed by atoms with Crippen LogP contribution in [0.25, 0.3) is 0 Å². The highest BCUT2D eigenvalue weighted by Gasteiger charge is 2.33. The Kier molecular flexibility index (Phi) is 8.14. The Bertz CT molecular complexity index is 894. The van der Waals surface area contributed by atoms with Crippen LogP contribution in [0.2, 0.25) is 5.02 Å². The lowest BCUT2D eigenvalue weighted by Crippen LogP contribution is -2.33. The van der Waals surface area contributed by atoms with Gasteiger partial charge in [0.25, 0.3) is 0 Å². The SMILES string of the molecule is CC1(CC(=O)N/N=C\c2cc(I)c(OCc3ccccc3Cl)c(I)c2)OCCO1. The van der Waals surface area contributed by atoms with Crippen LogP contribution in [0.5, 0.6) is 5.75 Å². The number of carbonyl (C=O) groups excluding carboxylic acids is 1. The van der Waals surface area contributed by atoms with Crippen LogP contribution in [0, 0.1) is 7.14 Å². The van der Waals surface area contributed by atoms with Crippen LogP contribution >= 0.6 is 56.8 Å². The smallest absolute Gasteiger partial charge is 0.245 e. The van der Waals surface area contributed by atoms with Crippen molar-refractivity contribution in [2.24, 2.45) is 5.10 Å². The van der Waals surface area contributed by atoms with E-state index in [-0.39, 0.29) is 12.3 Å². The van der Waals surface area contributed by atoms with Crippen molar-refractivity contribution >= 4 is 68.9 Å². The fourth-order valence-corrected chi connectivity index (χ4v) is 5.04. The van der Waals surface area contributed by atoms with Gasteiger partial charge in [-0.15, -0.1) is 0 Å². The quantitative estimate of drug-likeness (QED) is 0.270. The summed E-state index contributed by atoms with van der Waals surface area (Å²) in [6.45, 7) is 3.12. The molecule has 1 saturated heterocycles. The van der Waals surface area contributed by atoms with Crippen molar-refractivity contribution in [3.8, 4) is 5.75 Å². The van der Waals surface area contributed by atoms with E-state index in [9.17, 15) is 4.79 Å². The number of amides is 1. The molecule has 6 nitrogen and oxygen atoms in total. The largest absolute Gasteiger partial charge is 0.487 e. The lowest BCUT2D eigenvalue weighted by atomic mass is 10.2. The molecule has 2 aromatic rings. The van der Waals surface area contributed by atoms with Gasteiger partial charge in [-0.2, -0.15) is 5.10 Å². The van der Waals surface area contributed by atoms with E-state index in [2.05, 4.69) is 55.7 Å². The van der Waals surface area contributed by atoms with E-state index in [1.54, 1.807) is 13.1 Å². The molecule has 29 heavy (non-hydrogen) atoms. The van der Waals surface area contributed by atoms with Crippen LogP contribution in [0.4, 0.5) is 0 Å². The van der Waals surface area contributed by atoms with Crippen LogP contribution in [-0.2, 0) is 20.9 Å². The number of carbonyl (C=O) groups is 1. The molecule has 0 aromatic heterocycles. The first-order valence-electron chi connectivity index (χ1n) is 8.81. The number of benzene rings is 2. The van der Waals surface area contributed by atoms with Gasteiger partial charge in [-0.1, -0.05) is 29.8 Å². The molecule has 2 aromatic carbocycles. The molecule has 3 rings (SSSR count). The van der Waals surface area contributed by atoms with Crippen LogP contribution in [-0.4, -0.2) is 31.1 Å². The average Bonchev–Trinajstić information content (AvgIpc) is 3.08. The first-order chi connectivity index (χ1) is 13.9. The van der Waals surface area contributed by atoms with Crippen LogP contribution in [0.15, 0.2) is 41.5 Å². The standard InChI is InChI=1S/C20H19ClI2N2O4/c1-20(28-6-7-29-20)10-18(26)25-24-11-13-8-16(22)19(17(23)9-13)27-12-14-4-2-3-5-15(14)21/h2-5,8-9,11H,6-7,10,12H2,1H3,(H,25,26)/b24-11-. The Labute approximate surface area is 201 Å². The molecule has 0 saturated carbocycles. The molecule has 9 heteroatoms. The van der Waals surface area contributed by atoms with E-state index in [1.807, 2.05) is 36.4 Å². The summed E-state index contributed by atoms with van der Waals surface area (Å²) in [5.74, 6) is -0.351. The van der Waals surface area contributed by atoms with Crippen molar-refractivity contribution < 1.29 is 19.0 Å². The van der Waals surface area contributed by atoms with Gasteiger partial charge in [0.05, 0.1) is 33.0 Å². The second-order valence-corrected chi connectivity index (χ2v) is 9.23. The molecule has 0 radical (unpaired) electrons. The maximum atomic E-state index is 12.0. The van der Waals surface area contributed by atoms with E-state index < -0.39 is 5.79 Å². The van der Waals surface area contributed by atoms with E-state index >= 15 is 0 Å². The Morgan fingerprint density at radius 1 is 1.28 bits per heavy atom. The maximum Gasteiger partial charge on any atom is 0.245 e. The third-order valence-corrected chi connectivity index (χ3v) is 6.10. The molecule has 0 atom stereocenters. The predicted octanol–water partition coefficient (Wildman–Crippen LogP) is 4.73. The van der Waals surface area contributed by atoms with E-state index in [4.69, 9.17) is 25.8 Å². The summed E-state index contributed by atoms with van der Waals surface area (Å²) < 4.78 is 18.7. The highest BCUT2D eigenvalue weighted by atomic mass is 127. The zero-order valence-electron chi connectivity index (χ0n) is 15.6. The van der Waals surface area contributed by atoms with E-state index in [0.717, 1.165) is 24.0 Å². The van der Waals surface area contributed by atoms with Crippen LogP contribution in [0.3, 0.4) is 0 Å². The topological polar surface area (TPSA) is 69.2 Å². The van der Waals surface area contributed by atoms with E-state index in [1.165, 1.54) is 0 Å². The summed E-state index contributed by atoms with van der Waals surface area (Å²) in [6.07, 6.45) is 1.69. The zero-order chi connectivity index (χ0) is 20.9. The van der Waals surface area contributed by atoms with Gasteiger partial charge in [-0.05, 0) is 75.9 Å². The zero-order valence-corrected chi connectivity index (χ0v) is 20.7. The molecule has 1 aliphatic heterocycles. The van der Waals surface area contributed by atoms with Crippen molar-refractivity contribution in [1.82, 2.24) is 5.43 Å². The fraction of sp³-hybridized carbons (Fsp3) is 0.300. The second kappa shape index (κ2) is 10.4. The molecule has 1 amide bonds. The van der Waals surface area contributed by atoms with Gasteiger partial charge in [0.1, 0.15) is 12.4 Å². The Balaban J connectivity index is 1.59. The summed E-state index contributed by atoms with van der Waals surface area (Å²) in [5.41, 5.74) is 4.29. The molecule has 0 bridgehead atoms. The maximum absolute atomic E-state index is 12.0. The fourth-order valence-electron chi connectivity index (χ4n) is 2.73. The molecule has 0 spiro atoms. The molecular weight excluding hydrogens is 621 g/mol. The number of ether oxygens (including phenoxy) is 3. The highest BCUT2D eigenvalue weighted by Crippen LogP contribution is 2.30.